The first-order chi connectivity index (χ1) is 7.06. The molecule has 1 amide bonds. The van der Waals surface area contributed by atoms with E-state index in [4.69, 9.17) is 5.73 Å². The van der Waals surface area contributed by atoms with Crippen LogP contribution in [0.5, 0.6) is 0 Å². The third kappa shape index (κ3) is 2.89. The normalized spacial score (nSPS) is 12.5. The van der Waals surface area contributed by atoms with Gasteiger partial charge >= 0.3 is 0 Å². The average molecular weight is 228 g/mol. The van der Waals surface area contributed by atoms with Crippen molar-refractivity contribution in [2.45, 2.75) is 12.2 Å². The number of rotatable bonds is 4. The number of aromatic nitrogens is 2. The Labute approximate surface area is 93.4 Å². The molecular weight excluding hydrogens is 212 g/mol. The Morgan fingerprint density at radius 3 is 2.93 bits per heavy atom. The lowest BCUT2D eigenvalue weighted by atomic mass is 10.3. The van der Waals surface area contributed by atoms with Crippen LogP contribution in [0.25, 0.3) is 0 Å². The first kappa shape index (κ1) is 11.9. The van der Waals surface area contributed by atoms with Crippen LogP contribution < -0.4 is 11.1 Å². The van der Waals surface area contributed by atoms with Crippen LogP contribution in [0.2, 0.25) is 0 Å². The SMILES string of the molecule is CSC(C)CNC(=O)c1c(N)cnn1C. The number of thioether (sulfide) groups is 1. The van der Waals surface area contributed by atoms with E-state index in [0.29, 0.717) is 23.2 Å². The minimum atomic E-state index is -0.173. The lowest BCUT2D eigenvalue weighted by Gasteiger charge is -2.10. The van der Waals surface area contributed by atoms with Crippen molar-refractivity contribution in [2.24, 2.45) is 7.05 Å². The Balaban J connectivity index is 2.62. The van der Waals surface area contributed by atoms with E-state index in [-0.39, 0.29) is 5.91 Å². The number of aryl methyl sites for hydroxylation is 1. The molecule has 0 fully saturated rings. The molecule has 0 spiro atoms. The van der Waals surface area contributed by atoms with Crippen molar-refractivity contribution in [1.29, 1.82) is 0 Å². The fourth-order valence-electron chi connectivity index (χ4n) is 1.14. The van der Waals surface area contributed by atoms with Gasteiger partial charge in [-0.1, -0.05) is 6.92 Å². The second-order valence-corrected chi connectivity index (χ2v) is 4.60. The molecule has 84 valence electrons. The van der Waals surface area contributed by atoms with Crippen molar-refractivity contribution < 1.29 is 4.79 Å². The van der Waals surface area contributed by atoms with Gasteiger partial charge in [-0.2, -0.15) is 16.9 Å². The summed E-state index contributed by atoms with van der Waals surface area (Å²) in [6, 6.07) is 0. The van der Waals surface area contributed by atoms with Crippen molar-refractivity contribution in [3.05, 3.63) is 11.9 Å². The molecule has 0 saturated carbocycles. The molecule has 15 heavy (non-hydrogen) atoms. The molecule has 3 N–H and O–H groups in total. The summed E-state index contributed by atoms with van der Waals surface area (Å²) in [6.45, 7) is 2.68. The molecule has 1 atom stereocenters. The van der Waals surface area contributed by atoms with Crippen LogP contribution in [-0.2, 0) is 7.05 Å². The number of nitrogens with two attached hydrogens (primary N) is 1. The highest BCUT2D eigenvalue weighted by atomic mass is 32.2. The largest absolute Gasteiger partial charge is 0.396 e. The summed E-state index contributed by atoms with van der Waals surface area (Å²) in [5, 5.41) is 7.12. The number of nitrogens with one attached hydrogen (secondary N) is 1. The zero-order valence-corrected chi connectivity index (χ0v) is 9.97. The number of hydrogen-bond acceptors (Lipinski definition) is 4. The molecule has 0 aliphatic rings. The number of nitrogens with zero attached hydrogens (tertiary/aromatic N) is 2. The Morgan fingerprint density at radius 2 is 2.47 bits per heavy atom. The molecule has 1 rings (SSSR count). The lowest BCUT2D eigenvalue weighted by Crippen LogP contribution is -2.31. The summed E-state index contributed by atoms with van der Waals surface area (Å²) in [5.41, 5.74) is 6.46. The van der Waals surface area contributed by atoms with Crippen molar-refractivity contribution in [1.82, 2.24) is 15.1 Å². The molecule has 0 aromatic carbocycles. The monoisotopic (exact) mass is 228 g/mol. The van der Waals surface area contributed by atoms with E-state index in [1.54, 1.807) is 18.8 Å². The third-order valence-electron chi connectivity index (χ3n) is 2.13. The quantitative estimate of drug-likeness (QED) is 0.786. The Morgan fingerprint density at radius 1 is 1.80 bits per heavy atom. The maximum atomic E-state index is 11.7. The molecule has 0 radical (unpaired) electrons. The highest BCUT2D eigenvalue weighted by molar-refractivity contribution is 7.99. The number of carbonyl (C=O) groups excluding carboxylic acids is 1. The van der Waals surface area contributed by atoms with Crippen molar-refractivity contribution >= 4 is 23.4 Å². The van der Waals surface area contributed by atoms with E-state index < -0.39 is 0 Å². The standard InChI is InChI=1S/C9H16N4OS/c1-6(15-3)4-11-9(14)8-7(10)5-12-13(8)2/h5-6H,4,10H2,1-3H3,(H,11,14). The van der Waals surface area contributed by atoms with Gasteiger partial charge in [0.15, 0.2) is 0 Å². The molecular formula is C9H16N4OS. The van der Waals surface area contributed by atoms with Crippen molar-refractivity contribution in [2.75, 3.05) is 18.5 Å². The third-order valence-corrected chi connectivity index (χ3v) is 3.11. The van der Waals surface area contributed by atoms with E-state index in [1.807, 2.05) is 6.26 Å². The van der Waals surface area contributed by atoms with Gasteiger partial charge in [0.1, 0.15) is 5.69 Å². The molecule has 0 aliphatic heterocycles. The highest BCUT2D eigenvalue weighted by Gasteiger charge is 2.14. The van der Waals surface area contributed by atoms with E-state index in [0.717, 1.165) is 0 Å². The molecule has 1 aromatic rings. The molecule has 0 bridgehead atoms. The first-order valence-corrected chi connectivity index (χ1v) is 5.93. The summed E-state index contributed by atoms with van der Waals surface area (Å²) >= 11 is 1.70. The van der Waals surface area contributed by atoms with Crippen molar-refractivity contribution in [3.8, 4) is 0 Å². The molecule has 1 aromatic heterocycles. The van der Waals surface area contributed by atoms with Crippen LogP contribution >= 0.6 is 11.8 Å². The molecule has 1 unspecified atom stereocenters. The number of amides is 1. The van der Waals surface area contributed by atoms with Crippen LogP contribution in [0.1, 0.15) is 17.4 Å². The number of carbonyl (C=O) groups is 1. The van der Waals surface area contributed by atoms with Gasteiger partial charge in [0.2, 0.25) is 0 Å². The minimum Gasteiger partial charge on any atom is -0.396 e. The summed E-state index contributed by atoms with van der Waals surface area (Å²) in [5.74, 6) is -0.173. The second kappa shape index (κ2) is 5.06. The highest BCUT2D eigenvalue weighted by Crippen LogP contribution is 2.09. The smallest absolute Gasteiger partial charge is 0.271 e. The van der Waals surface area contributed by atoms with E-state index in [9.17, 15) is 4.79 Å². The second-order valence-electron chi connectivity index (χ2n) is 3.33. The Bertz CT molecular complexity index is 330. The minimum absolute atomic E-state index is 0.173. The van der Waals surface area contributed by atoms with Gasteiger partial charge in [-0.05, 0) is 6.26 Å². The molecule has 0 saturated heterocycles. The van der Waals surface area contributed by atoms with Gasteiger partial charge in [0.05, 0.1) is 11.9 Å². The lowest BCUT2D eigenvalue weighted by molar-refractivity contribution is 0.0945. The van der Waals surface area contributed by atoms with Gasteiger partial charge in [-0.3, -0.25) is 9.48 Å². The van der Waals surface area contributed by atoms with E-state index in [1.165, 1.54) is 10.9 Å². The fourth-order valence-corrected chi connectivity index (χ4v) is 1.39. The van der Waals surface area contributed by atoms with Gasteiger partial charge in [0, 0.05) is 18.8 Å². The molecule has 0 aliphatic carbocycles. The van der Waals surface area contributed by atoms with Gasteiger partial charge < -0.3 is 11.1 Å². The van der Waals surface area contributed by atoms with Gasteiger partial charge in [0.25, 0.3) is 5.91 Å². The summed E-state index contributed by atoms with van der Waals surface area (Å²) in [6.07, 6.45) is 3.49. The number of hydrogen-bond donors (Lipinski definition) is 2. The maximum Gasteiger partial charge on any atom is 0.271 e. The number of nitrogen functional groups attached to an aromatic ring is 1. The van der Waals surface area contributed by atoms with Crippen LogP contribution in [0.4, 0.5) is 5.69 Å². The molecule has 6 heteroatoms. The van der Waals surface area contributed by atoms with Crippen LogP contribution in [-0.4, -0.2) is 33.7 Å². The van der Waals surface area contributed by atoms with E-state index >= 15 is 0 Å². The predicted octanol–water partition coefficient (Wildman–Crippen LogP) is 0.484. The molecule has 5 nitrogen and oxygen atoms in total. The Kier molecular flexibility index (Phi) is 4.02. The fraction of sp³-hybridized carbons (Fsp3) is 0.556. The molecule has 1 heterocycles. The topological polar surface area (TPSA) is 72.9 Å². The average Bonchev–Trinajstić information content (AvgIpc) is 2.54. The summed E-state index contributed by atoms with van der Waals surface area (Å²) < 4.78 is 1.48. The summed E-state index contributed by atoms with van der Waals surface area (Å²) in [7, 11) is 1.70. The maximum absolute atomic E-state index is 11.7. The van der Waals surface area contributed by atoms with Crippen LogP contribution in [0.3, 0.4) is 0 Å². The van der Waals surface area contributed by atoms with Gasteiger partial charge in [-0.25, -0.2) is 0 Å². The zero-order valence-electron chi connectivity index (χ0n) is 9.15. The van der Waals surface area contributed by atoms with Crippen LogP contribution in [0, 0.1) is 0 Å². The Hall–Kier alpha value is -1.17. The van der Waals surface area contributed by atoms with E-state index in [2.05, 4.69) is 17.3 Å². The van der Waals surface area contributed by atoms with Crippen molar-refractivity contribution in [3.63, 3.8) is 0 Å². The van der Waals surface area contributed by atoms with Crippen LogP contribution in [0.15, 0.2) is 6.20 Å². The number of anilines is 1. The zero-order chi connectivity index (χ0) is 11.4. The van der Waals surface area contributed by atoms with Gasteiger partial charge in [-0.15, -0.1) is 0 Å². The predicted molar refractivity (Wildman–Crippen MR) is 62.9 cm³/mol. The summed E-state index contributed by atoms with van der Waals surface area (Å²) in [4.78, 5) is 11.7. The first-order valence-electron chi connectivity index (χ1n) is 4.64.